The Bertz CT molecular complexity index is 527. The van der Waals surface area contributed by atoms with Gasteiger partial charge in [0.1, 0.15) is 0 Å². The first-order valence-electron chi connectivity index (χ1n) is 4.99. The molecule has 17 heavy (non-hydrogen) atoms. The summed E-state index contributed by atoms with van der Waals surface area (Å²) in [5.41, 5.74) is 0.872. The van der Waals surface area contributed by atoms with Crippen LogP contribution in [0.1, 0.15) is 5.56 Å². The molecular formula is C11H11F2NO2S. The van der Waals surface area contributed by atoms with Crippen molar-refractivity contribution in [3.05, 3.63) is 42.0 Å². The van der Waals surface area contributed by atoms with E-state index >= 15 is 0 Å². The number of rotatable bonds is 2. The largest absolute Gasteiger partial charge is 0.248 e. The molecule has 0 aliphatic carbocycles. The van der Waals surface area contributed by atoms with Gasteiger partial charge in [-0.3, -0.25) is 0 Å². The Balaban J connectivity index is 2.40. The van der Waals surface area contributed by atoms with E-state index < -0.39 is 22.6 Å². The normalized spacial score (nSPS) is 25.4. The molecule has 0 unspecified atom stereocenters. The molecule has 1 aliphatic rings. The molecule has 0 N–H and O–H groups in total. The van der Waals surface area contributed by atoms with Gasteiger partial charge in [-0.25, -0.2) is 17.2 Å². The lowest BCUT2D eigenvalue weighted by atomic mass is 10.2. The molecule has 0 amide bonds. The van der Waals surface area contributed by atoms with Gasteiger partial charge in [0.2, 0.25) is 10.0 Å². The van der Waals surface area contributed by atoms with E-state index in [-0.39, 0.29) is 9.20 Å². The highest BCUT2D eigenvalue weighted by Crippen LogP contribution is 2.27. The molecule has 1 aliphatic heterocycles. The van der Waals surface area contributed by atoms with E-state index in [0.717, 1.165) is 17.7 Å². The lowest BCUT2D eigenvalue weighted by Crippen LogP contribution is -2.37. The molecule has 0 fully saturated rings. The van der Waals surface area contributed by atoms with Gasteiger partial charge in [0.05, 0.1) is 4.90 Å². The number of benzene rings is 1. The van der Waals surface area contributed by atoms with Crippen LogP contribution >= 0.6 is 0 Å². The van der Waals surface area contributed by atoms with E-state index in [4.69, 9.17) is 0 Å². The number of nitrogens with zero attached hydrogens (tertiary/aromatic N) is 1. The fourth-order valence-electron chi connectivity index (χ4n) is 1.59. The predicted molar refractivity (Wildman–Crippen MR) is 59.1 cm³/mol. The van der Waals surface area contributed by atoms with E-state index in [1.54, 1.807) is 19.1 Å². The van der Waals surface area contributed by atoms with E-state index in [1.807, 2.05) is 0 Å². The zero-order chi connectivity index (χ0) is 12.6. The Morgan fingerprint density at radius 1 is 1.06 bits per heavy atom. The van der Waals surface area contributed by atoms with Crippen molar-refractivity contribution in [2.24, 2.45) is 0 Å². The smallest absolute Gasteiger partial charge is 0.224 e. The molecular weight excluding hydrogens is 248 g/mol. The minimum absolute atomic E-state index is 0.114. The number of hydrogen-bond acceptors (Lipinski definition) is 2. The summed E-state index contributed by atoms with van der Waals surface area (Å²) in [4.78, 5) is -0.114. The Hall–Kier alpha value is -1.27. The lowest BCUT2D eigenvalue weighted by Gasteiger charge is -2.20. The molecule has 6 heteroatoms. The van der Waals surface area contributed by atoms with E-state index in [1.165, 1.54) is 12.1 Å². The second-order valence-electron chi connectivity index (χ2n) is 3.78. The van der Waals surface area contributed by atoms with Crippen LogP contribution in [0.2, 0.25) is 0 Å². The quantitative estimate of drug-likeness (QED) is 0.603. The minimum atomic E-state index is -4.13. The van der Waals surface area contributed by atoms with Gasteiger partial charge in [0.15, 0.2) is 12.6 Å². The molecule has 1 aromatic rings. The average Bonchev–Trinajstić information content (AvgIpc) is 2.59. The van der Waals surface area contributed by atoms with E-state index in [9.17, 15) is 17.2 Å². The van der Waals surface area contributed by atoms with Gasteiger partial charge in [0, 0.05) is 0 Å². The Morgan fingerprint density at radius 2 is 1.53 bits per heavy atom. The molecule has 92 valence electrons. The summed E-state index contributed by atoms with van der Waals surface area (Å²) in [6.07, 6.45) is -2.13. The molecule has 2 rings (SSSR count). The van der Waals surface area contributed by atoms with Gasteiger partial charge < -0.3 is 0 Å². The Labute approximate surface area is 98.4 Å². The maximum Gasteiger partial charge on any atom is 0.248 e. The Morgan fingerprint density at radius 3 is 2.00 bits per heavy atom. The highest BCUT2D eigenvalue weighted by Gasteiger charge is 2.39. The topological polar surface area (TPSA) is 37.4 Å². The highest BCUT2D eigenvalue weighted by atomic mass is 32.2. The van der Waals surface area contributed by atoms with Crippen LogP contribution in [0.5, 0.6) is 0 Å². The molecule has 0 saturated carbocycles. The molecule has 0 aromatic heterocycles. The zero-order valence-electron chi connectivity index (χ0n) is 9.05. The molecule has 1 heterocycles. The lowest BCUT2D eigenvalue weighted by molar-refractivity contribution is 0.137. The molecule has 0 spiro atoms. The third-order valence-corrected chi connectivity index (χ3v) is 4.34. The van der Waals surface area contributed by atoms with Crippen molar-refractivity contribution in [2.75, 3.05) is 0 Å². The van der Waals surface area contributed by atoms with Crippen molar-refractivity contribution >= 4 is 10.0 Å². The predicted octanol–water partition coefficient (Wildman–Crippen LogP) is 2.15. The summed E-state index contributed by atoms with van der Waals surface area (Å²) in [6, 6.07) is 5.83. The summed E-state index contributed by atoms with van der Waals surface area (Å²) in [5, 5.41) is 0. The zero-order valence-corrected chi connectivity index (χ0v) is 9.86. The number of hydrogen-bond donors (Lipinski definition) is 0. The van der Waals surface area contributed by atoms with Crippen molar-refractivity contribution in [3.63, 3.8) is 0 Å². The first kappa shape index (κ1) is 12.2. The number of halogens is 2. The fourth-order valence-corrected chi connectivity index (χ4v) is 2.98. The van der Waals surface area contributed by atoms with Crippen molar-refractivity contribution in [1.29, 1.82) is 0 Å². The van der Waals surface area contributed by atoms with Gasteiger partial charge >= 0.3 is 0 Å². The molecule has 3 nitrogen and oxygen atoms in total. The first-order chi connectivity index (χ1) is 7.93. The van der Waals surface area contributed by atoms with E-state index in [2.05, 4.69) is 0 Å². The summed E-state index contributed by atoms with van der Waals surface area (Å²) in [7, 11) is -4.13. The fraction of sp³-hybridized carbons (Fsp3) is 0.273. The first-order valence-corrected chi connectivity index (χ1v) is 6.43. The molecule has 0 bridgehead atoms. The average molecular weight is 259 g/mol. The van der Waals surface area contributed by atoms with Crippen molar-refractivity contribution in [1.82, 2.24) is 4.31 Å². The number of aryl methyl sites for hydroxylation is 1. The summed E-state index contributed by atoms with van der Waals surface area (Å²) < 4.78 is 50.8. The summed E-state index contributed by atoms with van der Waals surface area (Å²) in [6.45, 7) is 1.80. The molecule has 1 aromatic carbocycles. The summed E-state index contributed by atoms with van der Waals surface area (Å²) >= 11 is 0. The van der Waals surface area contributed by atoms with Crippen LogP contribution < -0.4 is 0 Å². The third kappa shape index (κ3) is 2.10. The summed E-state index contributed by atoms with van der Waals surface area (Å²) in [5.74, 6) is 0. The van der Waals surface area contributed by atoms with Crippen LogP contribution in [0.4, 0.5) is 8.78 Å². The van der Waals surface area contributed by atoms with Crippen LogP contribution in [0.25, 0.3) is 0 Å². The van der Waals surface area contributed by atoms with Crippen LogP contribution in [-0.2, 0) is 10.0 Å². The second-order valence-corrected chi connectivity index (χ2v) is 5.62. The molecule has 0 radical (unpaired) electrons. The molecule has 2 atom stereocenters. The van der Waals surface area contributed by atoms with Gasteiger partial charge in [-0.05, 0) is 31.2 Å². The number of alkyl halides is 2. The van der Waals surface area contributed by atoms with Crippen LogP contribution in [0.3, 0.4) is 0 Å². The highest BCUT2D eigenvalue weighted by molar-refractivity contribution is 7.89. The SMILES string of the molecule is Cc1ccc(S(=O)(=O)N2[C@@H](F)C=C[C@@H]2F)cc1. The standard InChI is InChI=1S/C11H11F2NO2S/c1-8-2-4-9(5-3-8)17(15,16)14-10(12)6-7-11(14)13/h2-7,10-11H,1H3/t10-,11-/m1/s1. The maximum atomic E-state index is 13.3. The molecule has 0 saturated heterocycles. The Kier molecular flexibility index (Phi) is 3.01. The van der Waals surface area contributed by atoms with Gasteiger partial charge in [0.25, 0.3) is 0 Å². The van der Waals surface area contributed by atoms with Gasteiger partial charge in [-0.15, -0.1) is 4.31 Å². The van der Waals surface area contributed by atoms with Gasteiger partial charge in [-0.2, -0.15) is 0 Å². The van der Waals surface area contributed by atoms with E-state index in [0.29, 0.717) is 0 Å². The maximum absolute atomic E-state index is 13.3. The van der Waals surface area contributed by atoms with Crippen LogP contribution in [0.15, 0.2) is 41.3 Å². The van der Waals surface area contributed by atoms with Gasteiger partial charge in [-0.1, -0.05) is 17.7 Å². The minimum Gasteiger partial charge on any atom is -0.224 e. The van der Waals surface area contributed by atoms with Crippen molar-refractivity contribution in [2.45, 2.75) is 24.4 Å². The van der Waals surface area contributed by atoms with Crippen LogP contribution in [0, 0.1) is 6.92 Å². The monoisotopic (exact) mass is 259 g/mol. The van der Waals surface area contributed by atoms with Crippen molar-refractivity contribution in [3.8, 4) is 0 Å². The van der Waals surface area contributed by atoms with Crippen molar-refractivity contribution < 1.29 is 17.2 Å². The second kappa shape index (κ2) is 4.19. The van der Waals surface area contributed by atoms with Crippen LogP contribution in [-0.4, -0.2) is 25.3 Å². The third-order valence-electron chi connectivity index (χ3n) is 2.51. The number of sulfonamides is 1.